The van der Waals surface area contributed by atoms with Crippen LogP contribution in [0.25, 0.3) is 0 Å². The molecule has 0 amide bonds. The third kappa shape index (κ3) is 6.65. The summed E-state index contributed by atoms with van der Waals surface area (Å²) >= 11 is 0. The quantitative estimate of drug-likeness (QED) is 0.672. The van der Waals surface area contributed by atoms with Crippen LogP contribution < -0.4 is 10.1 Å². The lowest BCUT2D eigenvalue weighted by Gasteiger charge is -2.09. The lowest BCUT2D eigenvalue weighted by Crippen LogP contribution is -2.24. The summed E-state index contributed by atoms with van der Waals surface area (Å²) in [5.74, 6) is 0.986. The summed E-state index contributed by atoms with van der Waals surface area (Å²) in [4.78, 5) is 0. The minimum Gasteiger partial charge on any atom is -0.494 e. The Bertz CT molecular complexity index is 305. The zero-order valence-electron chi connectivity index (χ0n) is 12.0. The van der Waals surface area contributed by atoms with Crippen molar-refractivity contribution in [2.24, 2.45) is 0 Å². The Morgan fingerprint density at radius 1 is 1.11 bits per heavy atom. The van der Waals surface area contributed by atoms with Gasteiger partial charge in [0.05, 0.1) is 6.61 Å². The smallest absolute Gasteiger partial charge is 0.119 e. The summed E-state index contributed by atoms with van der Waals surface area (Å²) in [6.45, 7) is 8.36. The zero-order valence-corrected chi connectivity index (χ0v) is 12.0. The molecule has 0 aliphatic carbocycles. The zero-order chi connectivity index (χ0) is 13.2. The van der Waals surface area contributed by atoms with E-state index in [1.165, 1.54) is 24.8 Å². The number of aryl methyl sites for hydroxylation is 1. The fraction of sp³-hybridized carbons (Fsp3) is 0.625. The van der Waals surface area contributed by atoms with Gasteiger partial charge in [-0.25, -0.2) is 0 Å². The molecule has 0 heterocycles. The molecule has 0 atom stereocenters. The number of rotatable bonds is 9. The van der Waals surface area contributed by atoms with Gasteiger partial charge in [0.15, 0.2) is 0 Å². The molecular weight excluding hydrogens is 222 g/mol. The molecule has 2 heteroatoms. The predicted molar refractivity (Wildman–Crippen MR) is 78.3 cm³/mol. The standard InChI is InChI=1S/C16H27NO/c1-4-5-7-15-8-10-16(11-9-15)18-13-6-12-17-14(2)3/h8-11,14,17H,4-7,12-13H2,1-3H3. The Morgan fingerprint density at radius 2 is 1.83 bits per heavy atom. The molecule has 2 nitrogen and oxygen atoms in total. The van der Waals surface area contributed by atoms with E-state index in [0.29, 0.717) is 6.04 Å². The molecule has 0 unspecified atom stereocenters. The highest BCUT2D eigenvalue weighted by molar-refractivity contribution is 5.27. The van der Waals surface area contributed by atoms with Gasteiger partial charge < -0.3 is 10.1 Å². The van der Waals surface area contributed by atoms with Gasteiger partial charge in [0.1, 0.15) is 5.75 Å². The Hall–Kier alpha value is -1.02. The lowest BCUT2D eigenvalue weighted by molar-refractivity contribution is 0.306. The molecular formula is C16H27NO. The van der Waals surface area contributed by atoms with Crippen LogP contribution in [-0.2, 0) is 6.42 Å². The fourth-order valence-corrected chi connectivity index (χ4v) is 1.79. The van der Waals surface area contributed by atoms with Crippen LogP contribution in [0.2, 0.25) is 0 Å². The van der Waals surface area contributed by atoms with E-state index in [1.54, 1.807) is 0 Å². The first-order valence-electron chi connectivity index (χ1n) is 7.17. The number of benzene rings is 1. The molecule has 0 fully saturated rings. The summed E-state index contributed by atoms with van der Waals surface area (Å²) in [5, 5.41) is 3.38. The summed E-state index contributed by atoms with van der Waals surface area (Å²) < 4.78 is 5.71. The van der Waals surface area contributed by atoms with Crippen LogP contribution >= 0.6 is 0 Å². The summed E-state index contributed by atoms with van der Waals surface area (Å²) in [6.07, 6.45) is 4.74. The van der Waals surface area contributed by atoms with Gasteiger partial charge in [0.2, 0.25) is 0 Å². The van der Waals surface area contributed by atoms with Crippen LogP contribution in [0.15, 0.2) is 24.3 Å². The minimum atomic E-state index is 0.558. The van der Waals surface area contributed by atoms with Crippen LogP contribution in [0.3, 0.4) is 0 Å². The molecule has 1 N–H and O–H groups in total. The number of ether oxygens (including phenoxy) is 1. The van der Waals surface area contributed by atoms with E-state index >= 15 is 0 Å². The van der Waals surface area contributed by atoms with Gasteiger partial charge in [-0.05, 0) is 43.5 Å². The van der Waals surface area contributed by atoms with E-state index in [9.17, 15) is 0 Å². The number of hydrogen-bond donors (Lipinski definition) is 1. The maximum atomic E-state index is 5.71. The second-order valence-corrected chi connectivity index (χ2v) is 5.06. The molecule has 0 radical (unpaired) electrons. The number of unbranched alkanes of at least 4 members (excludes halogenated alkanes) is 1. The second kappa shape index (κ2) is 8.98. The Balaban J connectivity index is 2.18. The van der Waals surface area contributed by atoms with Crippen molar-refractivity contribution in [3.63, 3.8) is 0 Å². The van der Waals surface area contributed by atoms with Crippen LogP contribution in [0, 0.1) is 0 Å². The van der Waals surface area contributed by atoms with E-state index in [-0.39, 0.29) is 0 Å². The summed E-state index contributed by atoms with van der Waals surface area (Å²) in [7, 11) is 0. The second-order valence-electron chi connectivity index (χ2n) is 5.06. The van der Waals surface area contributed by atoms with E-state index in [4.69, 9.17) is 4.74 Å². The van der Waals surface area contributed by atoms with Crippen LogP contribution in [0.1, 0.15) is 45.6 Å². The van der Waals surface area contributed by atoms with Crippen molar-refractivity contribution in [1.29, 1.82) is 0 Å². The van der Waals surface area contributed by atoms with Crippen LogP contribution in [0.4, 0.5) is 0 Å². The van der Waals surface area contributed by atoms with E-state index in [0.717, 1.165) is 25.3 Å². The van der Waals surface area contributed by atoms with E-state index in [2.05, 4.69) is 50.4 Å². The molecule has 0 spiro atoms. The highest BCUT2D eigenvalue weighted by atomic mass is 16.5. The van der Waals surface area contributed by atoms with Gasteiger partial charge in [-0.1, -0.05) is 39.3 Å². The topological polar surface area (TPSA) is 21.3 Å². The molecule has 0 aromatic heterocycles. The molecule has 0 saturated heterocycles. The van der Waals surface area contributed by atoms with Crippen molar-refractivity contribution in [2.45, 2.75) is 52.5 Å². The first-order valence-corrected chi connectivity index (χ1v) is 7.17. The molecule has 18 heavy (non-hydrogen) atoms. The monoisotopic (exact) mass is 249 g/mol. The average Bonchev–Trinajstić information content (AvgIpc) is 2.37. The van der Waals surface area contributed by atoms with Crippen molar-refractivity contribution >= 4 is 0 Å². The van der Waals surface area contributed by atoms with E-state index in [1.807, 2.05) is 0 Å². The molecule has 0 aliphatic rings. The van der Waals surface area contributed by atoms with Crippen molar-refractivity contribution < 1.29 is 4.74 Å². The van der Waals surface area contributed by atoms with Crippen molar-refractivity contribution in [1.82, 2.24) is 5.32 Å². The Morgan fingerprint density at radius 3 is 2.44 bits per heavy atom. The highest BCUT2D eigenvalue weighted by Gasteiger charge is 1.96. The molecule has 1 aromatic carbocycles. The van der Waals surface area contributed by atoms with Crippen LogP contribution in [0.5, 0.6) is 5.75 Å². The highest BCUT2D eigenvalue weighted by Crippen LogP contribution is 2.14. The van der Waals surface area contributed by atoms with Gasteiger partial charge in [-0.3, -0.25) is 0 Å². The van der Waals surface area contributed by atoms with Gasteiger partial charge in [0.25, 0.3) is 0 Å². The molecule has 0 aliphatic heterocycles. The first kappa shape index (κ1) is 15.0. The maximum Gasteiger partial charge on any atom is 0.119 e. The largest absolute Gasteiger partial charge is 0.494 e. The van der Waals surface area contributed by atoms with Gasteiger partial charge >= 0.3 is 0 Å². The minimum absolute atomic E-state index is 0.558. The SMILES string of the molecule is CCCCc1ccc(OCCCNC(C)C)cc1. The normalized spacial score (nSPS) is 10.9. The predicted octanol–water partition coefficient (Wildman–Crippen LogP) is 3.80. The van der Waals surface area contributed by atoms with Gasteiger partial charge in [0, 0.05) is 6.04 Å². The average molecular weight is 249 g/mol. The first-order chi connectivity index (χ1) is 8.72. The summed E-state index contributed by atoms with van der Waals surface area (Å²) in [5.41, 5.74) is 1.41. The van der Waals surface area contributed by atoms with Gasteiger partial charge in [-0.15, -0.1) is 0 Å². The Kier molecular flexibility index (Phi) is 7.51. The third-order valence-electron chi connectivity index (χ3n) is 2.88. The molecule has 102 valence electrons. The fourth-order valence-electron chi connectivity index (χ4n) is 1.79. The molecule has 1 aromatic rings. The van der Waals surface area contributed by atoms with E-state index < -0.39 is 0 Å². The van der Waals surface area contributed by atoms with Crippen molar-refractivity contribution in [3.8, 4) is 5.75 Å². The van der Waals surface area contributed by atoms with Crippen molar-refractivity contribution in [2.75, 3.05) is 13.2 Å². The Labute approximate surface area is 112 Å². The maximum absolute atomic E-state index is 5.71. The molecule has 0 saturated carbocycles. The molecule has 1 rings (SSSR count). The van der Waals surface area contributed by atoms with Gasteiger partial charge in [-0.2, -0.15) is 0 Å². The van der Waals surface area contributed by atoms with Crippen molar-refractivity contribution in [3.05, 3.63) is 29.8 Å². The number of nitrogens with one attached hydrogen (secondary N) is 1. The summed E-state index contributed by atoms with van der Waals surface area (Å²) in [6, 6.07) is 9.08. The lowest BCUT2D eigenvalue weighted by atomic mass is 10.1. The third-order valence-corrected chi connectivity index (χ3v) is 2.88. The molecule has 0 bridgehead atoms. The van der Waals surface area contributed by atoms with Crippen LogP contribution in [-0.4, -0.2) is 19.2 Å². The number of hydrogen-bond acceptors (Lipinski definition) is 2.